The molecule has 0 radical (unpaired) electrons. The lowest BCUT2D eigenvalue weighted by molar-refractivity contribution is -0.268. The summed E-state index contributed by atoms with van der Waals surface area (Å²) in [6.45, 7) is 15.0. The minimum absolute atomic E-state index is 0.00531. The van der Waals surface area contributed by atoms with E-state index in [4.69, 9.17) is 9.47 Å². The van der Waals surface area contributed by atoms with Crippen molar-refractivity contribution in [3.63, 3.8) is 0 Å². The average Bonchev–Trinajstić information content (AvgIpc) is 3.74. The Morgan fingerprint density at radius 1 is 1.09 bits per heavy atom. The van der Waals surface area contributed by atoms with Crippen LogP contribution in [-0.4, -0.2) is 70.2 Å². The second kappa shape index (κ2) is 11.0. The Hall–Kier alpha value is -2.00. The molecule has 4 saturated carbocycles. The van der Waals surface area contributed by atoms with Crippen molar-refractivity contribution in [3.05, 3.63) is 29.8 Å². The van der Waals surface area contributed by atoms with Gasteiger partial charge in [0.05, 0.1) is 29.5 Å². The van der Waals surface area contributed by atoms with Crippen LogP contribution in [0.25, 0.3) is 0 Å². The molecule has 0 bridgehead atoms. The highest BCUT2D eigenvalue weighted by molar-refractivity contribution is 5.95. The first-order chi connectivity index (χ1) is 21.5. The van der Waals surface area contributed by atoms with Crippen LogP contribution in [0.15, 0.2) is 24.3 Å². The number of benzene rings is 1. The van der Waals surface area contributed by atoms with E-state index in [1.54, 1.807) is 26.1 Å². The molecule has 1 heterocycles. The van der Waals surface area contributed by atoms with Crippen molar-refractivity contribution in [2.24, 2.45) is 45.3 Å². The maximum absolute atomic E-state index is 13.5. The second-order valence-corrected chi connectivity index (χ2v) is 16.9. The fraction of sp³-hybridized carbons (Fsp3) is 0.789. The number of aliphatic hydroxyl groups excluding tert-OH is 2. The van der Waals surface area contributed by atoms with E-state index in [-0.39, 0.29) is 40.1 Å². The molecule has 1 spiro atoms. The Morgan fingerprint density at radius 3 is 2.43 bits per heavy atom. The molecular weight excluding hydrogens is 582 g/mol. The van der Waals surface area contributed by atoms with Crippen LogP contribution in [0, 0.1) is 45.3 Å². The molecular formula is C38H57NO7. The van der Waals surface area contributed by atoms with Crippen molar-refractivity contribution >= 4 is 17.9 Å². The number of hydrogen-bond acceptors (Lipinski definition) is 8. The lowest BCUT2D eigenvalue weighted by Crippen LogP contribution is -2.72. The van der Waals surface area contributed by atoms with Gasteiger partial charge in [0.1, 0.15) is 18.0 Å². The predicted octanol–water partition coefficient (Wildman–Crippen LogP) is 5.77. The third-order valence-electron chi connectivity index (χ3n) is 15.2. The van der Waals surface area contributed by atoms with Crippen molar-refractivity contribution in [2.75, 3.05) is 12.4 Å². The van der Waals surface area contributed by atoms with Crippen molar-refractivity contribution in [1.82, 2.24) is 0 Å². The van der Waals surface area contributed by atoms with Gasteiger partial charge in [0.2, 0.25) is 0 Å². The molecule has 0 amide bonds. The highest BCUT2D eigenvalue weighted by atomic mass is 16.6. The van der Waals surface area contributed by atoms with E-state index < -0.39 is 46.8 Å². The number of aliphatic hydroxyl groups is 3. The first kappa shape index (κ1) is 33.9. The zero-order chi connectivity index (χ0) is 33.7. The van der Waals surface area contributed by atoms with E-state index in [0.717, 1.165) is 38.4 Å². The number of rotatable bonds is 8. The Balaban J connectivity index is 1.34. The Kier molecular flexibility index (Phi) is 8.11. The maximum atomic E-state index is 13.5. The molecule has 4 N–H and O–H groups in total. The van der Waals surface area contributed by atoms with Gasteiger partial charge in [0.15, 0.2) is 0 Å². The molecule has 1 aromatic rings. The summed E-state index contributed by atoms with van der Waals surface area (Å²) in [7, 11) is 1.76. The molecule has 5 aliphatic rings. The van der Waals surface area contributed by atoms with Crippen LogP contribution in [0.3, 0.4) is 0 Å². The van der Waals surface area contributed by atoms with Gasteiger partial charge in [-0.15, -0.1) is 0 Å². The summed E-state index contributed by atoms with van der Waals surface area (Å²) in [5, 5.41) is 37.8. The molecule has 8 heteroatoms. The molecule has 256 valence electrons. The van der Waals surface area contributed by atoms with Crippen molar-refractivity contribution in [3.8, 4) is 0 Å². The molecule has 14 atom stereocenters. The number of fused-ring (bicyclic) bond motifs is 4. The van der Waals surface area contributed by atoms with E-state index in [1.165, 1.54) is 0 Å². The zero-order valence-electron chi connectivity index (χ0n) is 29.1. The van der Waals surface area contributed by atoms with Crippen LogP contribution in [-0.2, 0) is 14.3 Å². The Bertz CT molecular complexity index is 1370. The Labute approximate surface area is 275 Å². The third kappa shape index (κ3) is 4.31. The van der Waals surface area contributed by atoms with Crippen molar-refractivity contribution < 1.29 is 34.4 Å². The molecule has 1 aliphatic heterocycles. The lowest BCUT2D eigenvalue weighted by Gasteiger charge is -2.71. The van der Waals surface area contributed by atoms with Crippen LogP contribution in [0.4, 0.5) is 5.69 Å². The number of nitrogens with one attached hydrogen (secondary N) is 1. The SMILES string of the molecule is CCC1C(C)(CC(OC(=O)c2ccccc2NC)C(C)C=O)C(O)CC2(C)C3(C)CCC4C(C)(O)C(O)CCC4(C)C3CC3OC312. The number of hydrogen-bond donors (Lipinski definition) is 4. The fourth-order valence-electron chi connectivity index (χ4n) is 12.4. The number of ether oxygens (including phenoxy) is 2. The minimum Gasteiger partial charge on any atom is -0.458 e. The van der Waals surface area contributed by atoms with Gasteiger partial charge in [0.25, 0.3) is 0 Å². The molecule has 1 aromatic carbocycles. The van der Waals surface area contributed by atoms with E-state index in [2.05, 4.69) is 39.9 Å². The van der Waals surface area contributed by atoms with Crippen LogP contribution in [0.5, 0.6) is 0 Å². The van der Waals surface area contributed by atoms with Crippen LogP contribution < -0.4 is 5.32 Å². The summed E-state index contributed by atoms with van der Waals surface area (Å²) in [6.07, 6.45) is 4.57. The molecule has 4 aliphatic carbocycles. The zero-order valence-corrected chi connectivity index (χ0v) is 29.1. The van der Waals surface area contributed by atoms with E-state index in [0.29, 0.717) is 30.5 Å². The first-order valence-corrected chi connectivity index (χ1v) is 17.7. The van der Waals surface area contributed by atoms with Crippen LogP contribution in [0.1, 0.15) is 110 Å². The molecule has 0 aromatic heterocycles. The topological polar surface area (TPSA) is 129 Å². The number of esters is 1. The quantitative estimate of drug-likeness (QED) is 0.160. The standard InChI is InChI=1S/C38H57NO7/c1-9-26-34(4,19-25(22(2)21-40)45-32(43)23-12-10-11-13-24(23)39-8)30(42)20-36(6)35(5)17-14-27-33(3,16-15-29(41)37(27,7)44)28(35)18-31-38(26,36)46-31/h10-13,21-22,25-31,39,41-42,44H,9,14-20H2,1-8H3. The summed E-state index contributed by atoms with van der Waals surface area (Å²) in [6, 6.07) is 7.18. The van der Waals surface area contributed by atoms with Gasteiger partial charge in [0, 0.05) is 29.5 Å². The normalized spacial score (nSPS) is 48.8. The van der Waals surface area contributed by atoms with Gasteiger partial charge in [-0.25, -0.2) is 4.79 Å². The van der Waals surface area contributed by atoms with Crippen molar-refractivity contribution in [1.29, 1.82) is 0 Å². The van der Waals surface area contributed by atoms with Crippen molar-refractivity contribution in [2.45, 2.75) is 135 Å². The number of carbonyl (C=O) groups is 2. The summed E-state index contributed by atoms with van der Waals surface area (Å²) in [5.41, 5.74) is -1.75. The molecule has 8 nitrogen and oxygen atoms in total. The second-order valence-electron chi connectivity index (χ2n) is 16.9. The van der Waals surface area contributed by atoms with Crippen LogP contribution in [0.2, 0.25) is 0 Å². The molecule has 46 heavy (non-hydrogen) atoms. The first-order valence-electron chi connectivity index (χ1n) is 17.7. The molecule has 5 fully saturated rings. The maximum Gasteiger partial charge on any atom is 0.340 e. The van der Waals surface area contributed by atoms with Gasteiger partial charge in [-0.2, -0.15) is 0 Å². The highest BCUT2D eigenvalue weighted by Crippen LogP contribution is 2.81. The smallest absolute Gasteiger partial charge is 0.340 e. The number of anilines is 1. The van der Waals surface area contributed by atoms with Gasteiger partial charge in [-0.3, -0.25) is 0 Å². The average molecular weight is 640 g/mol. The fourth-order valence-corrected chi connectivity index (χ4v) is 12.4. The number of carbonyl (C=O) groups excluding carboxylic acids is 2. The van der Waals surface area contributed by atoms with E-state index in [1.807, 2.05) is 19.1 Å². The van der Waals surface area contributed by atoms with Gasteiger partial charge < -0.3 is 34.9 Å². The lowest BCUT2D eigenvalue weighted by atomic mass is 9.32. The Morgan fingerprint density at radius 2 is 1.78 bits per heavy atom. The minimum atomic E-state index is -1.12. The third-order valence-corrected chi connectivity index (χ3v) is 15.2. The van der Waals surface area contributed by atoms with Crippen LogP contribution >= 0.6 is 0 Å². The monoisotopic (exact) mass is 639 g/mol. The highest BCUT2D eigenvalue weighted by Gasteiger charge is 2.84. The van der Waals surface area contributed by atoms with Gasteiger partial charge in [-0.1, -0.05) is 53.7 Å². The number of aldehydes is 1. The predicted molar refractivity (Wildman–Crippen MR) is 176 cm³/mol. The molecule has 14 unspecified atom stereocenters. The largest absolute Gasteiger partial charge is 0.458 e. The summed E-state index contributed by atoms with van der Waals surface area (Å²) < 4.78 is 13.2. The number of para-hydroxylation sites is 1. The van der Waals surface area contributed by atoms with E-state index >= 15 is 0 Å². The summed E-state index contributed by atoms with van der Waals surface area (Å²) >= 11 is 0. The number of epoxide rings is 1. The molecule has 1 saturated heterocycles. The van der Waals surface area contributed by atoms with E-state index in [9.17, 15) is 24.9 Å². The summed E-state index contributed by atoms with van der Waals surface area (Å²) in [4.78, 5) is 25.7. The van der Waals surface area contributed by atoms with Gasteiger partial charge in [-0.05, 0) is 99.0 Å². The summed E-state index contributed by atoms with van der Waals surface area (Å²) in [5.74, 6) is -0.755. The van der Waals surface area contributed by atoms with Gasteiger partial charge >= 0.3 is 5.97 Å². The molecule has 6 rings (SSSR count).